The number of rotatable bonds is 4. The van der Waals surface area contributed by atoms with Gasteiger partial charge in [0.15, 0.2) is 5.76 Å². The summed E-state index contributed by atoms with van der Waals surface area (Å²) >= 11 is 0. The number of nitrogens with zero attached hydrogens (tertiary/aromatic N) is 2. The number of fused-ring (bicyclic) bond motifs is 1. The SMILES string of the molecule is O=C(CCc1ccco1)N1CCN(C(=O)c2cc3ccccc3o2)CC1. The van der Waals surface area contributed by atoms with E-state index in [2.05, 4.69) is 0 Å². The van der Waals surface area contributed by atoms with Crippen LogP contribution in [-0.2, 0) is 11.2 Å². The van der Waals surface area contributed by atoms with Gasteiger partial charge in [-0.15, -0.1) is 0 Å². The summed E-state index contributed by atoms with van der Waals surface area (Å²) in [6.45, 7) is 2.12. The number of hydrogen-bond donors (Lipinski definition) is 0. The average molecular weight is 352 g/mol. The van der Waals surface area contributed by atoms with Crippen LogP contribution in [0.3, 0.4) is 0 Å². The summed E-state index contributed by atoms with van der Waals surface area (Å²) in [5, 5.41) is 0.919. The van der Waals surface area contributed by atoms with Gasteiger partial charge in [-0.05, 0) is 24.3 Å². The van der Waals surface area contributed by atoms with Crippen molar-refractivity contribution in [3.63, 3.8) is 0 Å². The van der Waals surface area contributed by atoms with E-state index in [1.807, 2.05) is 41.3 Å². The van der Waals surface area contributed by atoms with Crippen molar-refractivity contribution < 1.29 is 18.4 Å². The summed E-state index contributed by atoms with van der Waals surface area (Å²) in [7, 11) is 0. The molecule has 3 aromatic rings. The second kappa shape index (κ2) is 7.07. The van der Waals surface area contributed by atoms with E-state index in [0.29, 0.717) is 50.4 Å². The van der Waals surface area contributed by atoms with Crippen molar-refractivity contribution in [1.82, 2.24) is 9.80 Å². The van der Waals surface area contributed by atoms with Gasteiger partial charge < -0.3 is 18.6 Å². The van der Waals surface area contributed by atoms with Gasteiger partial charge in [-0.2, -0.15) is 0 Å². The van der Waals surface area contributed by atoms with E-state index in [1.54, 1.807) is 17.2 Å². The first-order chi connectivity index (χ1) is 12.7. The summed E-state index contributed by atoms with van der Waals surface area (Å²) in [6.07, 6.45) is 2.64. The lowest BCUT2D eigenvalue weighted by atomic mass is 10.2. The predicted octanol–water partition coefficient (Wildman–Crippen LogP) is 2.94. The average Bonchev–Trinajstić information content (AvgIpc) is 3.35. The summed E-state index contributed by atoms with van der Waals surface area (Å²) in [5.41, 5.74) is 0.711. The van der Waals surface area contributed by atoms with Crippen LogP contribution in [0.1, 0.15) is 22.7 Å². The van der Waals surface area contributed by atoms with Crippen molar-refractivity contribution in [2.24, 2.45) is 0 Å². The highest BCUT2D eigenvalue weighted by Crippen LogP contribution is 2.20. The van der Waals surface area contributed by atoms with E-state index >= 15 is 0 Å². The van der Waals surface area contributed by atoms with Gasteiger partial charge in [0.25, 0.3) is 5.91 Å². The number of piperazine rings is 1. The van der Waals surface area contributed by atoms with E-state index in [4.69, 9.17) is 8.83 Å². The van der Waals surface area contributed by atoms with Crippen molar-refractivity contribution in [3.8, 4) is 0 Å². The smallest absolute Gasteiger partial charge is 0.289 e. The molecule has 2 amide bonds. The van der Waals surface area contributed by atoms with Crippen LogP contribution in [0.4, 0.5) is 0 Å². The summed E-state index contributed by atoms with van der Waals surface area (Å²) in [6, 6.07) is 13.0. The lowest BCUT2D eigenvalue weighted by Gasteiger charge is -2.34. The maximum absolute atomic E-state index is 12.6. The van der Waals surface area contributed by atoms with Gasteiger partial charge in [-0.25, -0.2) is 0 Å². The van der Waals surface area contributed by atoms with Gasteiger partial charge in [-0.3, -0.25) is 9.59 Å². The monoisotopic (exact) mass is 352 g/mol. The maximum Gasteiger partial charge on any atom is 0.289 e. The van der Waals surface area contributed by atoms with Crippen molar-refractivity contribution in [1.29, 1.82) is 0 Å². The standard InChI is InChI=1S/C20H20N2O4/c23-19(8-7-16-5-3-13-25-16)21-9-11-22(12-10-21)20(24)18-14-15-4-1-2-6-17(15)26-18/h1-6,13-14H,7-12H2. The fourth-order valence-corrected chi connectivity index (χ4v) is 3.25. The Hall–Kier alpha value is -3.02. The lowest BCUT2D eigenvalue weighted by molar-refractivity contribution is -0.132. The zero-order chi connectivity index (χ0) is 17.9. The number of para-hydroxylation sites is 1. The molecule has 6 heteroatoms. The third kappa shape index (κ3) is 3.35. The molecule has 134 valence electrons. The molecule has 3 heterocycles. The van der Waals surface area contributed by atoms with Crippen LogP contribution in [0.2, 0.25) is 0 Å². The number of furan rings is 2. The van der Waals surface area contributed by atoms with Crippen LogP contribution < -0.4 is 0 Å². The molecule has 0 aliphatic carbocycles. The molecule has 1 aliphatic heterocycles. The van der Waals surface area contributed by atoms with Gasteiger partial charge in [0.05, 0.1) is 6.26 Å². The number of hydrogen-bond acceptors (Lipinski definition) is 4. The molecule has 1 fully saturated rings. The second-order valence-electron chi connectivity index (χ2n) is 6.40. The summed E-state index contributed by atoms with van der Waals surface area (Å²) < 4.78 is 10.9. The third-order valence-electron chi connectivity index (χ3n) is 4.72. The zero-order valence-corrected chi connectivity index (χ0v) is 14.4. The second-order valence-corrected chi connectivity index (χ2v) is 6.40. The number of carbonyl (C=O) groups is 2. The van der Waals surface area contributed by atoms with Crippen molar-refractivity contribution >= 4 is 22.8 Å². The number of benzene rings is 1. The minimum Gasteiger partial charge on any atom is -0.469 e. The van der Waals surface area contributed by atoms with Crippen LogP contribution >= 0.6 is 0 Å². The Morgan fingerprint density at radius 1 is 0.962 bits per heavy atom. The molecule has 0 bridgehead atoms. The highest BCUT2D eigenvalue weighted by atomic mass is 16.3. The molecule has 26 heavy (non-hydrogen) atoms. The Morgan fingerprint density at radius 3 is 2.46 bits per heavy atom. The molecule has 2 aromatic heterocycles. The largest absolute Gasteiger partial charge is 0.469 e. The first-order valence-corrected chi connectivity index (χ1v) is 8.79. The van der Waals surface area contributed by atoms with Crippen molar-refractivity contribution in [2.75, 3.05) is 26.2 Å². The molecule has 1 aromatic carbocycles. The number of carbonyl (C=O) groups excluding carboxylic acids is 2. The quantitative estimate of drug-likeness (QED) is 0.724. The molecule has 0 saturated carbocycles. The van der Waals surface area contributed by atoms with E-state index in [0.717, 1.165) is 11.1 Å². The topological polar surface area (TPSA) is 66.9 Å². The zero-order valence-electron chi connectivity index (χ0n) is 14.4. The fraction of sp³-hybridized carbons (Fsp3) is 0.300. The molecule has 0 unspecified atom stereocenters. The predicted molar refractivity (Wildman–Crippen MR) is 95.7 cm³/mol. The summed E-state index contributed by atoms with van der Waals surface area (Å²) in [4.78, 5) is 28.5. The van der Waals surface area contributed by atoms with Gasteiger partial charge in [0, 0.05) is 44.4 Å². The highest BCUT2D eigenvalue weighted by molar-refractivity contribution is 5.96. The summed E-state index contributed by atoms with van der Waals surface area (Å²) in [5.74, 6) is 1.14. The van der Waals surface area contributed by atoms with E-state index < -0.39 is 0 Å². The molecule has 0 spiro atoms. The number of amides is 2. The van der Waals surface area contributed by atoms with Crippen molar-refractivity contribution in [3.05, 3.63) is 60.2 Å². The Labute approximate surface area is 151 Å². The van der Waals surface area contributed by atoms with Gasteiger partial charge >= 0.3 is 0 Å². The Morgan fingerprint density at radius 2 is 1.73 bits per heavy atom. The normalized spacial score (nSPS) is 14.8. The first-order valence-electron chi connectivity index (χ1n) is 8.79. The van der Waals surface area contributed by atoms with E-state index in [9.17, 15) is 9.59 Å². The van der Waals surface area contributed by atoms with Crippen LogP contribution in [0.15, 0.2) is 57.6 Å². The Balaban J connectivity index is 1.32. The first kappa shape index (κ1) is 16.4. The molecular formula is C20H20N2O4. The molecule has 1 aliphatic rings. The highest BCUT2D eigenvalue weighted by Gasteiger charge is 2.26. The van der Waals surface area contributed by atoms with Crippen LogP contribution in [-0.4, -0.2) is 47.8 Å². The van der Waals surface area contributed by atoms with Crippen LogP contribution in [0.25, 0.3) is 11.0 Å². The van der Waals surface area contributed by atoms with Crippen LogP contribution in [0, 0.1) is 0 Å². The molecular weight excluding hydrogens is 332 g/mol. The lowest BCUT2D eigenvalue weighted by Crippen LogP contribution is -2.50. The van der Waals surface area contributed by atoms with E-state index in [1.165, 1.54) is 0 Å². The fourth-order valence-electron chi connectivity index (χ4n) is 3.25. The van der Waals surface area contributed by atoms with Gasteiger partial charge in [0.1, 0.15) is 11.3 Å². The molecule has 0 radical (unpaired) electrons. The minimum absolute atomic E-state index is 0.0947. The minimum atomic E-state index is -0.121. The Kier molecular flexibility index (Phi) is 4.48. The molecule has 4 rings (SSSR count). The number of aryl methyl sites for hydroxylation is 1. The van der Waals surface area contributed by atoms with Gasteiger partial charge in [-0.1, -0.05) is 18.2 Å². The van der Waals surface area contributed by atoms with Crippen LogP contribution in [0.5, 0.6) is 0 Å². The molecule has 0 atom stereocenters. The molecule has 1 saturated heterocycles. The third-order valence-corrected chi connectivity index (χ3v) is 4.72. The van der Waals surface area contributed by atoms with Crippen molar-refractivity contribution in [2.45, 2.75) is 12.8 Å². The Bertz CT molecular complexity index is 872. The molecule has 0 N–H and O–H groups in total. The van der Waals surface area contributed by atoms with E-state index in [-0.39, 0.29) is 11.8 Å². The van der Waals surface area contributed by atoms with Gasteiger partial charge in [0.2, 0.25) is 5.91 Å². The maximum atomic E-state index is 12.6. The molecule has 6 nitrogen and oxygen atoms in total.